The Kier molecular flexibility index (Phi) is 5.57. The van der Waals surface area contributed by atoms with Gasteiger partial charge in [0.2, 0.25) is 17.7 Å². The van der Waals surface area contributed by atoms with E-state index in [1.165, 1.54) is 11.3 Å². The first-order chi connectivity index (χ1) is 13.6. The van der Waals surface area contributed by atoms with Crippen LogP contribution in [0.2, 0.25) is 0 Å². The molecular weight excluding hydrogens is 376 g/mol. The first-order valence-electron chi connectivity index (χ1n) is 9.85. The molecule has 2 N–H and O–H groups in total. The first-order valence-corrected chi connectivity index (χ1v) is 10.7. The van der Waals surface area contributed by atoms with E-state index in [1.54, 1.807) is 4.90 Å². The highest BCUT2D eigenvalue weighted by Gasteiger charge is 2.34. The van der Waals surface area contributed by atoms with Gasteiger partial charge in [0, 0.05) is 12.5 Å². The van der Waals surface area contributed by atoms with Crippen LogP contribution < -0.4 is 10.6 Å². The van der Waals surface area contributed by atoms with E-state index >= 15 is 0 Å². The number of amides is 3. The van der Waals surface area contributed by atoms with Gasteiger partial charge in [0.15, 0.2) is 5.13 Å². The van der Waals surface area contributed by atoms with Crippen LogP contribution in [-0.4, -0.2) is 46.7 Å². The number of benzene rings is 1. The Morgan fingerprint density at radius 3 is 2.64 bits per heavy atom. The number of anilines is 1. The summed E-state index contributed by atoms with van der Waals surface area (Å²) in [6.07, 6.45) is 5.35. The topological polar surface area (TPSA) is 91.4 Å². The van der Waals surface area contributed by atoms with Crippen molar-refractivity contribution in [2.75, 3.05) is 18.4 Å². The Morgan fingerprint density at radius 2 is 1.86 bits per heavy atom. The van der Waals surface area contributed by atoms with E-state index in [1.807, 2.05) is 24.3 Å². The Bertz CT molecular complexity index is 857. The van der Waals surface area contributed by atoms with Gasteiger partial charge in [-0.15, -0.1) is 0 Å². The number of aromatic nitrogens is 1. The van der Waals surface area contributed by atoms with Crippen molar-refractivity contribution >= 4 is 44.4 Å². The molecule has 0 bridgehead atoms. The van der Waals surface area contributed by atoms with Gasteiger partial charge in [-0.3, -0.25) is 14.4 Å². The van der Waals surface area contributed by atoms with Crippen LogP contribution in [0.15, 0.2) is 24.3 Å². The fourth-order valence-corrected chi connectivity index (χ4v) is 4.92. The second-order valence-electron chi connectivity index (χ2n) is 7.42. The van der Waals surface area contributed by atoms with Crippen molar-refractivity contribution in [3.05, 3.63) is 24.3 Å². The summed E-state index contributed by atoms with van der Waals surface area (Å²) in [6.45, 7) is 0.496. The molecule has 1 aliphatic heterocycles. The molecule has 1 saturated heterocycles. The minimum atomic E-state index is -0.511. The molecule has 7 nitrogen and oxygen atoms in total. The number of carbonyl (C=O) groups excluding carboxylic acids is 3. The molecule has 1 unspecified atom stereocenters. The van der Waals surface area contributed by atoms with Crippen LogP contribution in [0, 0.1) is 5.92 Å². The predicted octanol–water partition coefficient (Wildman–Crippen LogP) is 2.53. The van der Waals surface area contributed by atoms with Crippen LogP contribution in [0.3, 0.4) is 0 Å². The third-order valence-electron chi connectivity index (χ3n) is 5.54. The second-order valence-corrected chi connectivity index (χ2v) is 8.45. The minimum absolute atomic E-state index is 0.0320. The lowest BCUT2D eigenvalue weighted by atomic mass is 10.1. The Balaban J connectivity index is 1.34. The van der Waals surface area contributed by atoms with Crippen molar-refractivity contribution in [3.63, 3.8) is 0 Å². The number of likely N-dealkylation sites (tertiary alicyclic amines) is 1. The summed E-state index contributed by atoms with van der Waals surface area (Å²) in [5, 5.41) is 6.15. The van der Waals surface area contributed by atoms with Crippen molar-refractivity contribution in [2.24, 2.45) is 5.92 Å². The van der Waals surface area contributed by atoms with E-state index < -0.39 is 6.04 Å². The lowest BCUT2D eigenvalue weighted by molar-refractivity contribution is -0.137. The van der Waals surface area contributed by atoms with Crippen molar-refractivity contribution < 1.29 is 14.4 Å². The summed E-state index contributed by atoms with van der Waals surface area (Å²) in [5.74, 6) is -0.426. The molecule has 148 valence electrons. The van der Waals surface area contributed by atoms with Gasteiger partial charge in [-0.05, 0) is 37.8 Å². The number of hydrogen-bond donors (Lipinski definition) is 2. The van der Waals surface area contributed by atoms with Crippen LogP contribution in [0.4, 0.5) is 5.13 Å². The van der Waals surface area contributed by atoms with Gasteiger partial charge in [-0.2, -0.15) is 0 Å². The number of carbonyl (C=O) groups is 3. The molecule has 1 atom stereocenters. The lowest BCUT2D eigenvalue weighted by Crippen LogP contribution is -2.47. The van der Waals surface area contributed by atoms with E-state index in [9.17, 15) is 14.4 Å². The summed E-state index contributed by atoms with van der Waals surface area (Å²) >= 11 is 1.42. The largest absolute Gasteiger partial charge is 0.347 e. The molecule has 2 heterocycles. The zero-order valence-corrected chi connectivity index (χ0v) is 16.5. The van der Waals surface area contributed by atoms with Gasteiger partial charge >= 0.3 is 0 Å². The van der Waals surface area contributed by atoms with E-state index in [4.69, 9.17) is 0 Å². The van der Waals surface area contributed by atoms with Gasteiger partial charge in [0.1, 0.15) is 6.04 Å². The number of para-hydroxylation sites is 1. The highest BCUT2D eigenvalue weighted by molar-refractivity contribution is 7.22. The molecule has 4 rings (SSSR count). The molecule has 0 radical (unpaired) electrons. The average Bonchev–Trinajstić information content (AvgIpc) is 3.45. The van der Waals surface area contributed by atoms with Gasteiger partial charge < -0.3 is 15.5 Å². The normalized spacial score (nSPS) is 19.9. The van der Waals surface area contributed by atoms with Crippen molar-refractivity contribution in [2.45, 2.75) is 44.6 Å². The van der Waals surface area contributed by atoms with Crippen LogP contribution in [0.25, 0.3) is 10.2 Å². The lowest BCUT2D eigenvalue weighted by Gasteiger charge is -2.24. The quantitative estimate of drug-likeness (QED) is 0.807. The molecular formula is C20H24N4O3S. The molecule has 8 heteroatoms. The number of nitrogens with one attached hydrogen (secondary N) is 2. The number of thiazole rings is 1. The molecule has 0 spiro atoms. The fraction of sp³-hybridized carbons (Fsp3) is 0.500. The van der Waals surface area contributed by atoms with Crippen LogP contribution in [-0.2, 0) is 14.4 Å². The molecule has 1 aliphatic carbocycles. The standard InChI is InChI=1S/C20H24N4O3S/c25-17(12-21-18(26)13-6-1-2-7-13)24-11-5-9-15(24)19(27)23-20-22-14-8-3-4-10-16(14)28-20/h3-4,8,10,13,15H,1-2,5-7,9,11-12H2,(H,21,26)(H,22,23,27). The first kappa shape index (κ1) is 18.9. The van der Waals surface area contributed by atoms with Crippen molar-refractivity contribution in [1.82, 2.24) is 15.2 Å². The van der Waals surface area contributed by atoms with Crippen LogP contribution in [0.1, 0.15) is 38.5 Å². The molecule has 2 fully saturated rings. The maximum atomic E-state index is 12.7. The molecule has 1 saturated carbocycles. The van der Waals surface area contributed by atoms with Crippen LogP contribution >= 0.6 is 11.3 Å². The fourth-order valence-electron chi connectivity index (χ4n) is 4.05. The summed E-state index contributed by atoms with van der Waals surface area (Å²) in [5.41, 5.74) is 0.844. The number of nitrogens with zero attached hydrogens (tertiary/aromatic N) is 2. The number of hydrogen-bond acceptors (Lipinski definition) is 5. The highest BCUT2D eigenvalue weighted by atomic mass is 32.1. The van der Waals surface area contributed by atoms with Gasteiger partial charge in [-0.1, -0.05) is 36.3 Å². The van der Waals surface area contributed by atoms with E-state index in [0.717, 1.165) is 42.3 Å². The molecule has 28 heavy (non-hydrogen) atoms. The predicted molar refractivity (Wildman–Crippen MR) is 108 cm³/mol. The van der Waals surface area contributed by atoms with Crippen molar-refractivity contribution in [3.8, 4) is 0 Å². The number of rotatable bonds is 5. The third-order valence-corrected chi connectivity index (χ3v) is 6.49. The monoisotopic (exact) mass is 400 g/mol. The smallest absolute Gasteiger partial charge is 0.248 e. The highest BCUT2D eigenvalue weighted by Crippen LogP contribution is 2.27. The van der Waals surface area contributed by atoms with Gasteiger partial charge in [-0.25, -0.2) is 4.98 Å². The van der Waals surface area contributed by atoms with E-state index in [-0.39, 0.29) is 30.2 Å². The second kappa shape index (κ2) is 8.26. The Hall–Kier alpha value is -2.48. The van der Waals surface area contributed by atoms with Crippen LogP contribution in [0.5, 0.6) is 0 Å². The molecule has 1 aromatic carbocycles. The van der Waals surface area contributed by atoms with Gasteiger partial charge in [0.25, 0.3) is 0 Å². The van der Waals surface area contributed by atoms with Crippen molar-refractivity contribution in [1.29, 1.82) is 0 Å². The SMILES string of the molecule is O=C(NCC(=O)N1CCCC1C(=O)Nc1nc2ccccc2s1)C1CCCC1. The Morgan fingerprint density at radius 1 is 1.07 bits per heavy atom. The zero-order valence-electron chi connectivity index (χ0n) is 15.6. The molecule has 1 aromatic heterocycles. The van der Waals surface area contributed by atoms with Gasteiger partial charge in [0.05, 0.1) is 16.8 Å². The maximum absolute atomic E-state index is 12.7. The average molecular weight is 401 g/mol. The maximum Gasteiger partial charge on any atom is 0.248 e. The molecule has 2 aliphatic rings. The molecule has 3 amide bonds. The summed E-state index contributed by atoms with van der Waals surface area (Å²) in [7, 11) is 0. The summed E-state index contributed by atoms with van der Waals surface area (Å²) < 4.78 is 1.01. The third kappa shape index (κ3) is 4.01. The Labute approximate surface area is 167 Å². The number of fused-ring (bicyclic) bond motifs is 1. The minimum Gasteiger partial charge on any atom is -0.347 e. The van der Waals surface area contributed by atoms with E-state index in [2.05, 4.69) is 15.6 Å². The zero-order chi connectivity index (χ0) is 19.5. The summed E-state index contributed by atoms with van der Waals surface area (Å²) in [4.78, 5) is 43.5. The summed E-state index contributed by atoms with van der Waals surface area (Å²) in [6, 6.07) is 7.19. The molecule has 2 aromatic rings. The van der Waals surface area contributed by atoms with E-state index in [0.29, 0.717) is 18.1 Å².